The van der Waals surface area contributed by atoms with E-state index in [-0.39, 0.29) is 25.6 Å². The van der Waals surface area contributed by atoms with Gasteiger partial charge in [0.25, 0.3) is 0 Å². The lowest BCUT2D eigenvalue weighted by atomic mass is 10.1. The lowest BCUT2D eigenvalue weighted by molar-refractivity contribution is -0.149. The number of esters is 2. The second-order valence-electron chi connectivity index (χ2n) is 4.06. The number of rotatable bonds is 6. The molecule has 0 saturated heterocycles. The first-order chi connectivity index (χ1) is 8.99. The van der Waals surface area contributed by atoms with Gasteiger partial charge in [0.1, 0.15) is 13.2 Å². The van der Waals surface area contributed by atoms with E-state index in [2.05, 4.69) is 6.58 Å². The minimum Gasteiger partial charge on any atom is -0.462 e. The van der Waals surface area contributed by atoms with E-state index in [1.54, 1.807) is 31.2 Å². The molecule has 0 spiro atoms. The molecule has 0 aliphatic rings. The molecule has 0 atom stereocenters. The highest BCUT2D eigenvalue weighted by Gasteiger charge is 2.06. The number of hydrogen-bond acceptors (Lipinski definition) is 5. The van der Waals surface area contributed by atoms with Gasteiger partial charge in [-0.3, -0.25) is 4.79 Å². The molecule has 5 nitrogen and oxygen atoms in total. The molecule has 0 aliphatic heterocycles. The monoisotopic (exact) mass is 263 g/mol. The first-order valence-corrected chi connectivity index (χ1v) is 5.81. The minimum absolute atomic E-state index is 0.0270. The Hall–Kier alpha value is -2.30. The summed E-state index contributed by atoms with van der Waals surface area (Å²) >= 11 is 0. The lowest BCUT2D eigenvalue weighted by Gasteiger charge is -2.06. The van der Waals surface area contributed by atoms with Crippen LogP contribution in [0.25, 0.3) is 0 Å². The van der Waals surface area contributed by atoms with E-state index in [0.717, 1.165) is 5.56 Å². The zero-order valence-corrected chi connectivity index (χ0v) is 10.8. The zero-order valence-electron chi connectivity index (χ0n) is 10.8. The third-order valence-corrected chi connectivity index (χ3v) is 2.26. The van der Waals surface area contributed by atoms with Gasteiger partial charge in [0.05, 0.1) is 6.42 Å². The summed E-state index contributed by atoms with van der Waals surface area (Å²) in [6, 6.07) is 6.96. The van der Waals surface area contributed by atoms with E-state index in [1.807, 2.05) is 0 Å². The van der Waals surface area contributed by atoms with E-state index in [0.29, 0.717) is 11.3 Å². The van der Waals surface area contributed by atoms with Crippen LogP contribution in [0.4, 0.5) is 5.69 Å². The van der Waals surface area contributed by atoms with Crippen molar-refractivity contribution in [2.75, 3.05) is 18.9 Å². The maximum atomic E-state index is 11.5. The van der Waals surface area contributed by atoms with Gasteiger partial charge in [-0.1, -0.05) is 18.7 Å². The molecule has 1 aromatic carbocycles. The van der Waals surface area contributed by atoms with E-state index in [9.17, 15) is 9.59 Å². The van der Waals surface area contributed by atoms with Crippen molar-refractivity contribution < 1.29 is 19.1 Å². The van der Waals surface area contributed by atoms with Gasteiger partial charge in [-0.25, -0.2) is 4.79 Å². The number of carbonyl (C=O) groups excluding carboxylic acids is 2. The first-order valence-electron chi connectivity index (χ1n) is 5.81. The molecule has 0 radical (unpaired) electrons. The maximum absolute atomic E-state index is 11.5. The molecule has 0 amide bonds. The van der Waals surface area contributed by atoms with Crippen molar-refractivity contribution >= 4 is 17.6 Å². The molecule has 0 heterocycles. The standard InChI is InChI=1S/C14H17NO4/c1-10(2)14(17)19-8-7-18-13(16)9-11-3-5-12(15)6-4-11/h3-6H,1,7-9,15H2,2H3. The topological polar surface area (TPSA) is 78.6 Å². The van der Waals surface area contributed by atoms with Crippen molar-refractivity contribution in [3.8, 4) is 0 Å². The van der Waals surface area contributed by atoms with Crippen LogP contribution in [0.15, 0.2) is 36.4 Å². The molecule has 1 aromatic rings. The number of benzene rings is 1. The Kier molecular flexibility index (Phi) is 5.60. The van der Waals surface area contributed by atoms with Crippen molar-refractivity contribution in [1.82, 2.24) is 0 Å². The van der Waals surface area contributed by atoms with Crippen LogP contribution in [-0.2, 0) is 25.5 Å². The summed E-state index contributed by atoms with van der Waals surface area (Å²) in [6.45, 7) is 5.05. The predicted molar refractivity (Wildman–Crippen MR) is 71.3 cm³/mol. The van der Waals surface area contributed by atoms with E-state index < -0.39 is 5.97 Å². The van der Waals surface area contributed by atoms with Gasteiger partial charge in [-0.15, -0.1) is 0 Å². The molecule has 1 rings (SSSR count). The molecule has 0 aliphatic carbocycles. The van der Waals surface area contributed by atoms with Crippen LogP contribution in [-0.4, -0.2) is 25.2 Å². The second kappa shape index (κ2) is 7.20. The average Bonchev–Trinajstić information content (AvgIpc) is 2.37. The Morgan fingerprint density at radius 3 is 2.32 bits per heavy atom. The Bertz CT molecular complexity index is 465. The largest absolute Gasteiger partial charge is 0.462 e. The lowest BCUT2D eigenvalue weighted by Crippen LogP contribution is -2.15. The van der Waals surface area contributed by atoms with Gasteiger partial charge in [0.15, 0.2) is 0 Å². The van der Waals surface area contributed by atoms with Gasteiger partial charge in [0, 0.05) is 11.3 Å². The van der Waals surface area contributed by atoms with Crippen LogP contribution >= 0.6 is 0 Å². The number of nitrogen functional groups attached to an aromatic ring is 1. The Morgan fingerprint density at radius 2 is 1.74 bits per heavy atom. The van der Waals surface area contributed by atoms with Gasteiger partial charge in [-0.05, 0) is 24.6 Å². The molecule has 0 bridgehead atoms. The summed E-state index contributed by atoms with van der Waals surface area (Å²) in [5.74, 6) is -0.870. The van der Waals surface area contributed by atoms with Crippen LogP contribution in [0, 0.1) is 0 Å². The van der Waals surface area contributed by atoms with Crippen LogP contribution < -0.4 is 5.73 Å². The predicted octanol–water partition coefficient (Wildman–Crippen LogP) is 1.47. The number of nitrogens with two attached hydrogens (primary N) is 1. The number of ether oxygens (including phenoxy) is 2. The fourth-order valence-electron chi connectivity index (χ4n) is 1.27. The van der Waals surface area contributed by atoms with Gasteiger partial charge in [-0.2, -0.15) is 0 Å². The van der Waals surface area contributed by atoms with E-state index >= 15 is 0 Å². The summed E-state index contributed by atoms with van der Waals surface area (Å²) in [5.41, 5.74) is 7.31. The molecule has 2 N–H and O–H groups in total. The second-order valence-corrected chi connectivity index (χ2v) is 4.06. The molecular formula is C14H17NO4. The smallest absolute Gasteiger partial charge is 0.333 e. The number of carbonyl (C=O) groups is 2. The number of anilines is 1. The van der Waals surface area contributed by atoms with E-state index in [1.165, 1.54) is 0 Å². The quantitative estimate of drug-likeness (QED) is 0.364. The highest BCUT2D eigenvalue weighted by Crippen LogP contribution is 2.06. The van der Waals surface area contributed by atoms with Gasteiger partial charge < -0.3 is 15.2 Å². The summed E-state index contributed by atoms with van der Waals surface area (Å²) in [6.07, 6.45) is 0.161. The van der Waals surface area contributed by atoms with Crippen molar-refractivity contribution in [2.24, 2.45) is 0 Å². The fourth-order valence-corrected chi connectivity index (χ4v) is 1.27. The van der Waals surface area contributed by atoms with Crippen LogP contribution in [0.5, 0.6) is 0 Å². The van der Waals surface area contributed by atoms with Crippen molar-refractivity contribution in [1.29, 1.82) is 0 Å². The number of hydrogen-bond donors (Lipinski definition) is 1. The summed E-state index contributed by atoms with van der Waals surface area (Å²) in [5, 5.41) is 0. The average molecular weight is 263 g/mol. The fraction of sp³-hybridized carbons (Fsp3) is 0.286. The van der Waals surface area contributed by atoms with E-state index in [4.69, 9.17) is 15.2 Å². The molecule has 0 saturated carbocycles. The Balaban J connectivity index is 2.23. The molecule has 19 heavy (non-hydrogen) atoms. The highest BCUT2D eigenvalue weighted by atomic mass is 16.6. The third kappa shape index (κ3) is 5.72. The Labute approximate surface area is 112 Å². The van der Waals surface area contributed by atoms with Crippen LogP contribution in [0.1, 0.15) is 12.5 Å². The van der Waals surface area contributed by atoms with Crippen molar-refractivity contribution in [3.05, 3.63) is 42.0 Å². The first kappa shape index (κ1) is 14.8. The SMILES string of the molecule is C=C(C)C(=O)OCCOC(=O)Cc1ccc(N)cc1. The summed E-state index contributed by atoms with van der Waals surface area (Å²) < 4.78 is 9.72. The molecular weight excluding hydrogens is 246 g/mol. The Morgan fingerprint density at radius 1 is 1.16 bits per heavy atom. The summed E-state index contributed by atoms with van der Waals surface area (Å²) in [4.78, 5) is 22.5. The zero-order chi connectivity index (χ0) is 14.3. The molecule has 0 fully saturated rings. The van der Waals surface area contributed by atoms with Gasteiger partial charge >= 0.3 is 11.9 Å². The molecule has 0 aromatic heterocycles. The van der Waals surface area contributed by atoms with Crippen molar-refractivity contribution in [2.45, 2.75) is 13.3 Å². The van der Waals surface area contributed by atoms with Crippen molar-refractivity contribution in [3.63, 3.8) is 0 Å². The third-order valence-electron chi connectivity index (χ3n) is 2.26. The molecule has 5 heteroatoms. The van der Waals surface area contributed by atoms with Crippen LogP contribution in [0.3, 0.4) is 0 Å². The normalized spacial score (nSPS) is 9.74. The molecule has 102 valence electrons. The maximum Gasteiger partial charge on any atom is 0.333 e. The van der Waals surface area contributed by atoms with Gasteiger partial charge in [0.2, 0.25) is 0 Å². The minimum atomic E-state index is -0.491. The molecule has 0 unspecified atom stereocenters. The highest BCUT2D eigenvalue weighted by molar-refractivity contribution is 5.86. The van der Waals surface area contributed by atoms with Crippen LogP contribution in [0.2, 0.25) is 0 Å². The summed E-state index contributed by atoms with van der Waals surface area (Å²) in [7, 11) is 0.